The number of benzene rings is 1. The molecule has 0 amide bonds. The molecule has 0 aliphatic heterocycles. The summed E-state index contributed by atoms with van der Waals surface area (Å²) >= 11 is 0. The van der Waals surface area contributed by atoms with Crippen LogP contribution in [0.4, 0.5) is 0 Å². The monoisotopic (exact) mass is 272 g/mol. The molecule has 0 bridgehead atoms. The van der Waals surface area contributed by atoms with Crippen molar-refractivity contribution in [1.82, 2.24) is 9.55 Å². The topological polar surface area (TPSA) is 76.9 Å². The molecule has 2 aromatic rings. The lowest BCUT2D eigenvalue weighted by atomic mass is 10.1. The number of nitrogens with zero attached hydrogens (tertiary/aromatic N) is 2. The van der Waals surface area contributed by atoms with Crippen molar-refractivity contribution in [2.45, 2.75) is 26.3 Å². The van der Waals surface area contributed by atoms with Crippen LogP contribution in [0.3, 0.4) is 0 Å². The van der Waals surface area contributed by atoms with Gasteiger partial charge in [-0.25, -0.2) is 4.98 Å². The minimum Gasteiger partial charge on any atom is -0.496 e. The number of ether oxygens (including phenoxy) is 1. The summed E-state index contributed by atoms with van der Waals surface area (Å²) in [5.74, 6) is 2.07. The van der Waals surface area contributed by atoms with Gasteiger partial charge in [-0.3, -0.25) is 5.41 Å². The summed E-state index contributed by atoms with van der Waals surface area (Å²) in [5, 5.41) is 7.52. The van der Waals surface area contributed by atoms with E-state index in [1.54, 1.807) is 7.11 Å². The minimum absolute atomic E-state index is 0.0129. The summed E-state index contributed by atoms with van der Waals surface area (Å²) in [5.41, 5.74) is 7.23. The van der Waals surface area contributed by atoms with Crippen LogP contribution in [0.2, 0.25) is 0 Å². The van der Waals surface area contributed by atoms with Crippen LogP contribution in [0.5, 0.6) is 5.75 Å². The first-order chi connectivity index (χ1) is 9.52. The van der Waals surface area contributed by atoms with E-state index < -0.39 is 0 Å². The Morgan fingerprint density at radius 3 is 2.80 bits per heavy atom. The quantitative estimate of drug-likeness (QED) is 0.648. The van der Waals surface area contributed by atoms with E-state index in [-0.39, 0.29) is 5.84 Å². The van der Waals surface area contributed by atoms with Gasteiger partial charge >= 0.3 is 0 Å². The SMILES string of the molecule is COc1cc(Cn2ccnc2C(C)C)ccc1C(=N)N. The number of rotatable bonds is 5. The zero-order chi connectivity index (χ0) is 14.7. The summed E-state index contributed by atoms with van der Waals surface area (Å²) in [6.45, 7) is 4.97. The van der Waals surface area contributed by atoms with E-state index in [1.807, 2.05) is 30.6 Å². The van der Waals surface area contributed by atoms with Gasteiger partial charge in [0, 0.05) is 24.9 Å². The molecule has 1 aromatic carbocycles. The molecule has 0 unspecified atom stereocenters. The standard InChI is InChI=1S/C15H20N4O/c1-10(2)15-18-6-7-19(15)9-11-4-5-12(14(16)17)13(8-11)20-3/h4-8,10H,9H2,1-3H3,(H3,16,17). The zero-order valence-corrected chi connectivity index (χ0v) is 12.1. The highest BCUT2D eigenvalue weighted by molar-refractivity contribution is 5.97. The van der Waals surface area contributed by atoms with E-state index in [9.17, 15) is 0 Å². The van der Waals surface area contributed by atoms with Crippen molar-refractivity contribution < 1.29 is 4.74 Å². The molecule has 0 fully saturated rings. The van der Waals surface area contributed by atoms with Crippen LogP contribution in [-0.4, -0.2) is 22.5 Å². The highest BCUT2D eigenvalue weighted by Crippen LogP contribution is 2.21. The van der Waals surface area contributed by atoms with Crippen molar-refractivity contribution >= 4 is 5.84 Å². The molecule has 0 atom stereocenters. The number of methoxy groups -OCH3 is 1. The Balaban J connectivity index is 2.30. The molecular weight excluding hydrogens is 252 g/mol. The van der Waals surface area contributed by atoms with Gasteiger partial charge in [0.1, 0.15) is 17.4 Å². The van der Waals surface area contributed by atoms with E-state index in [1.165, 1.54) is 0 Å². The Morgan fingerprint density at radius 2 is 2.20 bits per heavy atom. The fourth-order valence-corrected chi connectivity index (χ4v) is 2.21. The summed E-state index contributed by atoms with van der Waals surface area (Å²) in [6.07, 6.45) is 3.79. The highest BCUT2D eigenvalue weighted by atomic mass is 16.5. The third-order valence-corrected chi connectivity index (χ3v) is 3.17. The van der Waals surface area contributed by atoms with Crippen LogP contribution < -0.4 is 10.5 Å². The Morgan fingerprint density at radius 1 is 1.45 bits per heavy atom. The lowest BCUT2D eigenvalue weighted by Crippen LogP contribution is -2.13. The Labute approximate surface area is 118 Å². The second kappa shape index (κ2) is 5.77. The molecule has 0 saturated carbocycles. The second-order valence-corrected chi connectivity index (χ2v) is 5.02. The van der Waals surface area contributed by atoms with Crippen molar-refractivity contribution in [1.29, 1.82) is 5.41 Å². The van der Waals surface area contributed by atoms with Crippen LogP contribution in [0.25, 0.3) is 0 Å². The number of aromatic nitrogens is 2. The fourth-order valence-electron chi connectivity index (χ4n) is 2.21. The van der Waals surface area contributed by atoms with Crippen molar-refractivity contribution in [3.8, 4) is 5.75 Å². The first kappa shape index (κ1) is 14.1. The molecule has 106 valence electrons. The molecule has 5 heteroatoms. The summed E-state index contributed by atoms with van der Waals surface area (Å²) in [4.78, 5) is 4.38. The number of hydrogen-bond acceptors (Lipinski definition) is 3. The van der Waals surface area contributed by atoms with Crippen molar-refractivity contribution in [2.75, 3.05) is 7.11 Å². The van der Waals surface area contributed by atoms with E-state index in [0.717, 1.165) is 17.9 Å². The van der Waals surface area contributed by atoms with Gasteiger partial charge in [-0.2, -0.15) is 0 Å². The van der Waals surface area contributed by atoms with Crippen LogP contribution >= 0.6 is 0 Å². The van der Waals surface area contributed by atoms with Gasteiger partial charge in [0.15, 0.2) is 0 Å². The lowest BCUT2D eigenvalue weighted by molar-refractivity contribution is 0.413. The van der Waals surface area contributed by atoms with E-state index >= 15 is 0 Å². The number of nitrogen functional groups attached to an aromatic ring is 1. The normalized spacial score (nSPS) is 10.8. The van der Waals surface area contributed by atoms with Crippen molar-refractivity contribution in [2.24, 2.45) is 5.73 Å². The number of hydrogen-bond donors (Lipinski definition) is 2. The highest BCUT2D eigenvalue weighted by Gasteiger charge is 2.10. The molecule has 0 radical (unpaired) electrons. The molecular formula is C15H20N4O. The largest absolute Gasteiger partial charge is 0.496 e. The third-order valence-electron chi connectivity index (χ3n) is 3.17. The van der Waals surface area contributed by atoms with Gasteiger partial charge in [-0.15, -0.1) is 0 Å². The van der Waals surface area contributed by atoms with E-state index in [4.69, 9.17) is 15.9 Å². The average molecular weight is 272 g/mol. The predicted molar refractivity (Wildman–Crippen MR) is 79.4 cm³/mol. The Bertz CT molecular complexity index is 616. The second-order valence-electron chi connectivity index (χ2n) is 5.02. The maximum atomic E-state index is 7.52. The zero-order valence-electron chi connectivity index (χ0n) is 12.1. The minimum atomic E-state index is 0.0129. The molecule has 0 spiro atoms. The smallest absolute Gasteiger partial charge is 0.130 e. The number of nitrogens with one attached hydrogen (secondary N) is 1. The molecule has 3 N–H and O–H groups in total. The maximum Gasteiger partial charge on any atom is 0.130 e. The molecule has 0 aliphatic carbocycles. The van der Waals surface area contributed by atoms with Gasteiger partial charge in [-0.1, -0.05) is 19.9 Å². The first-order valence-corrected chi connectivity index (χ1v) is 6.55. The van der Waals surface area contributed by atoms with Crippen molar-refractivity contribution in [3.63, 3.8) is 0 Å². The number of amidine groups is 1. The molecule has 5 nitrogen and oxygen atoms in total. The van der Waals surface area contributed by atoms with Gasteiger partial charge in [0.2, 0.25) is 0 Å². The lowest BCUT2D eigenvalue weighted by Gasteiger charge is -2.13. The number of nitrogens with two attached hydrogens (primary N) is 1. The molecule has 0 aliphatic rings. The maximum absolute atomic E-state index is 7.52. The van der Waals surface area contributed by atoms with Crippen LogP contribution in [0, 0.1) is 5.41 Å². The van der Waals surface area contributed by atoms with Gasteiger partial charge in [0.05, 0.1) is 12.7 Å². The van der Waals surface area contributed by atoms with Crippen molar-refractivity contribution in [3.05, 3.63) is 47.5 Å². The third kappa shape index (κ3) is 2.82. The Hall–Kier alpha value is -2.30. The fraction of sp³-hybridized carbons (Fsp3) is 0.333. The van der Waals surface area contributed by atoms with Gasteiger partial charge in [-0.05, 0) is 17.7 Å². The van der Waals surface area contributed by atoms with E-state index in [0.29, 0.717) is 17.2 Å². The van der Waals surface area contributed by atoms with Crippen LogP contribution in [0.1, 0.15) is 36.7 Å². The summed E-state index contributed by atoms with van der Waals surface area (Å²) < 4.78 is 7.42. The Kier molecular flexibility index (Phi) is 4.08. The van der Waals surface area contributed by atoms with Gasteiger partial charge in [0.25, 0.3) is 0 Å². The van der Waals surface area contributed by atoms with Crippen LogP contribution in [-0.2, 0) is 6.54 Å². The summed E-state index contributed by atoms with van der Waals surface area (Å²) in [6, 6.07) is 5.70. The summed E-state index contributed by atoms with van der Waals surface area (Å²) in [7, 11) is 1.59. The predicted octanol–water partition coefficient (Wildman–Crippen LogP) is 2.35. The van der Waals surface area contributed by atoms with Gasteiger partial charge < -0.3 is 15.0 Å². The molecule has 0 saturated heterocycles. The molecule has 2 rings (SSSR count). The average Bonchev–Trinajstić information content (AvgIpc) is 2.86. The molecule has 20 heavy (non-hydrogen) atoms. The van der Waals surface area contributed by atoms with E-state index in [2.05, 4.69) is 23.4 Å². The van der Waals surface area contributed by atoms with Crippen LogP contribution in [0.15, 0.2) is 30.6 Å². The first-order valence-electron chi connectivity index (χ1n) is 6.55. The molecule has 1 heterocycles. The number of imidazole rings is 1. The molecule has 1 aromatic heterocycles.